The summed E-state index contributed by atoms with van der Waals surface area (Å²) < 4.78 is 20.1. The van der Waals surface area contributed by atoms with Crippen LogP contribution in [0.3, 0.4) is 0 Å². The minimum atomic E-state index is -0.381. The highest BCUT2D eigenvalue weighted by atomic mass is 19.1. The summed E-state index contributed by atoms with van der Waals surface area (Å²) in [5.41, 5.74) is 3.67. The van der Waals surface area contributed by atoms with Crippen molar-refractivity contribution in [2.75, 3.05) is 17.9 Å². The van der Waals surface area contributed by atoms with Gasteiger partial charge in [-0.3, -0.25) is 0 Å². The number of nitrogens with one attached hydrogen (secondary N) is 2. The number of benzene rings is 1. The number of nitrogens with zero attached hydrogens (tertiary/aromatic N) is 3. The van der Waals surface area contributed by atoms with E-state index in [4.69, 9.17) is 10.6 Å². The molecule has 3 rings (SSSR count). The summed E-state index contributed by atoms with van der Waals surface area (Å²) in [7, 11) is 1.47. The van der Waals surface area contributed by atoms with Gasteiger partial charge in [0.15, 0.2) is 17.3 Å². The van der Waals surface area contributed by atoms with Gasteiger partial charge in [0.25, 0.3) is 0 Å². The average Bonchev–Trinajstić information content (AvgIpc) is 2.97. The van der Waals surface area contributed by atoms with Crippen LogP contribution in [0.25, 0.3) is 5.65 Å². The number of hydrogen-bond donors (Lipinski definition) is 3. The Morgan fingerprint density at radius 3 is 3.00 bits per heavy atom. The Balaban J connectivity index is 2.07. The molecule has 2 aromatic heterocycles. The Kier molecular flexibility index (Phi) is 3.28. The van der Waals surface area contributed by atoms with Crippen LogP contribution in [-0.2, 0) is 0 Å². The monoisotopic (exact) mass is 288 g/mol. The second-order valence-corrected chi connectivity index (χ2v) is 4.25. The smallest absolute Gasteiger partial charge is 0.180 e. The minimum absolute atomic E-state index is 0.368. The first-order valence-electron chi connectivity index (χ1n) is 6.12. The van der Waals surface area contributed by atoms with E-state index < -0.39 is 0 Å². The molecule has 4 N–H and O–H groups in total. The number of ether oxygens (including phenoxy) is 1. The van der Waals surface area contributed by atoms with Crippen LogP contribution in [0.5, 0.6) is 5.75 Å². The Hall–Kier alpha value is -2.87. The molecule has 0 saturated heterocycles. The zero-order valence-electron chi connectivity index (χ0n) is 11.2. The fourth-order valence-electron chi connectivity index (χ4n) is 1.98. The van der Waals surface area contributed by atoms with Crippen molar-refractivity contribution in [1.82, 2.24) is 14.4 Å². The molecule has 0 amide bonds. The molecule has 0 fully saturated rings. The van der Waals surface area contributed by atoms with Crippen LogP contribution in [0.15, 0.2) is 36.8 Å². The Labute approximate surface area is 119 Å². The van der Waals surface area contributed by atoms with Crippen molar-refractivity contribution >= 4 is 23.0 Å². The van der Waals surface area contributed by atoms with Crippen LogP contribution in [-0.4, -0.2) is 21.5 Å². The Bertz CT molecular complexity index is 787. The number of hydrazine groups is 1. The van der Waals surface area contributed by atoms with Crippen LogP contribution in [0.4, 0.5) is 21.7 Å². The molecule has 0 radical (unpaired) electrons. The summed E-state index contributed by atoms with van der Waals surface area (Å²) in [6.45, 7) is 0. The summed E-state index contributed by atoms with van der Waals surface area (Å²) in [6.07, 6.45) is 5.12. The van der Waals surface area contributed by atoms with E-state index in [1.54, 1.807) is 29.1 Å². The summed E-state index contributed by atoms with van der Waals surface area (Å²) in [4.78, 5) is 8.52. The lowest BCUT2D eigenvalue weighted by molar-refractivity contribution is 0.413. The van der Waals surface area contributed by atoms with Gasteiger partial charge in [-0.15, -0.1) is 0 Å². The fourth-order valence-corrected chi connectivity index (χ4v) is 1.98. The Morgan fingerprint density at radius 1 is 1.38 bits per heavy atom. The number of methoxy groups -OCH3 is 1. The van der Waals surface area contributed by atoms with E-state index in [2.05, 4.69) is 20.7 Å². The normalized spacial score (nSPS) is 10.6. The van der Waals surface area contributed by atoms with Crippen molar-refractivity contribution in [2.45, 2.75) is 0 Å². The number of aromatic nitrogens is 3. The van der Waals surface area contributed by atoms with Crippen molar-refractivity contribution in [2.24, 2.45) is 5.84 Å². The highest BCUT2D eigenvalue weighted by molar-refractivity contribution is 5.74. The van der Waals surface area contributed by atoms with Gasteiger partial charge in [-0.25, -0.2) is 20.2 Å². The number of nitrogens with two attached hydrogens (primary N) is 1. The van der Waals surface area contributed by atoms with Crippen molar-refractivity contribution < 1.29 is 9.13 Å². The highest BCUT2D eigenvalue weighted by Gasteiger charge is 2.11. The zero-order chi connectivity index (χ0) is 14.8. The average molecular weight is 288 g/mol. The summed E-state index contributed by atoms with van der Waals surface area (Å²) >= 11 is 0. The fraction of sp³-hybridized carbons (Fsp3) is 0.0769. The van der Waals surface area contributed by atoms with Gasteiger partial charge in [0.05, 0.1) is 19.0 Å². The molecule has 108 valence electrons. The van der Waals surface area contributed by atoms with Crippen LogP contribution in [0.2, 0.25) is 0 Å². The first kappa shape index (κ1) is 13.1. The Morgan fingerprint density at radius 2 is 2.24 bits per heavy atom. The van der Waals surface area contributed by atoms with Gasteiger partial charge in [-0.2, -0.15) is 0 Å². The molecule has 1 aromatic carbocycles. The van der Waals surface area contributed by atoms with Gasteiger partial charge < -0.3 is 19.9 Å². The van der Waals surface area contributed by atoms with E-state index in [-0.39, 0.29) is 5.82 Å². The highest BCUT2D eigenvalue weighted by Crippen LogP contribution is 2.29. The molecule has 0 atom stereocenters. The molecule has 0 spiro atoms. The van der Waals surface area contributed by atoms with Gasteiger partial charge in [-0.05, 0) is 12.1 Å². The predicted molar refractivity (Wildman–Crippen MR) is 77.0 cm³/mol. The van der Waals surface area contributed by atoms with Gasteiger partial charge in [0.2, 0.25) is 0 Å². The lowest BCUT2D eigenvalue weighted by Gasteiger charge is -2.12. The molecule has 2 heterocycles. The lowest BCUT2D eigenvalue weighted by Crippen LogP contribution is -2.11. The molecule has 7 nitrogen and oxygen atoms in total. The van der Waals surface area contributed by atoms with Gasteiger partial charge >= 0.3 is 0 Å². The van der Waals surface area contributed by atoms with E-state index in [9.17, 15) is 4.39 Å². The maximum atomic E-state index is 13.2. The summed E-state index contributed by atoms with van der Waals surface area (Å²) in [5, 5.41) is 3.07. The number of rotatable bonds is 4. The SMILES string of the molecule is COc1cc(F)ccc1Nc1nc(NN)cn2ccnc12. The largest absolute Gasteiger partial charge is 0.494 e. The van der Waals surface area contributed by atoms with Crippen LogP contribution in [0, 0.1) is 5.82 Å². The molecule has 0 saturated carbocycles. The predicted octanol–water partition coefficient (Wildman–Crippen LogP) is 1.91. The zero-order valence-corrected chi connectivity index (χ0v) is 11.2. The number of anilines is 3. The quantitative estimate of drug-likeness (QED) is 0.502. The molecule has 0 unspecified atom stereocenters. The third-order valence-electron chi connectivity index (χ3n) is 2.94. The van der Waals surface area contributed by atoms with Crippen molar-refractivity contribution in [3.05, 3.63) is 42.6 Å². The third kappa shape index (κ3) is 2.43. The maximum Gasteiger partial charge on any atom is 0.180 e. The first-order chi connectivity index (χ1) is 10.2. The van der Waals surface area contributed by atoms with E-state index in [1.165, 1.54) is 19.2 Å². The van der Waals surface area contributed by atoms with Crippen LogP contribution in [0.1, 0.15) is 0 Å². The van der Waals surface area contributed by atoms with E-state index in [1.807, 2.05) is 0 Å². The molecule has 0 bridgehead atoms. The number of imidazole rings is 1. The number of hydrogen-bond acceptors (Lipinski definition) is 6. The van der Waals surface area contributed by atoms with Crippen molar-refractivity contribution in [3.63, 3.8) is 0 Å². The third-order valence-corrected chi connectivity index (χ3v) is 2.94. The molecule has 8 heteroatoms. The summed E-state index contributed by atoms with van der Waals surface area (Å²) in [5.74, 6) is 6.32. The summed E-state index contributed by atoms with van der Waals surface area (Å²) in [6, 6.07) is 4.19. The van der Waals surface area contributed by atoms with Gasteiger partial charge in [-0.1, -0.05) is 0 Å². The standard InChI is InChI=1S/C13H13FN6O/c1-21-10-6-8(14)2-3-9(10)17-12-13-16-4-5-20(13)7-11(18-12)19-15/h2-7,19H,15H2,1H3,(H,17,18). The lowest BCUT2D eigenvalue weighted by atomic mass is 10.3. The van der Waals surface area contributed by atoms with Gasteiger partial charge in [0, 0.05) is 18.5 Å². The van der Waals surface area contributed by atoms with E-state index >= 15 is 0 Å². The molecule has 0 aliphatic rings. The second-order valence-electron chi connectivity index (χ2n) is 4.25. The van der Waals surface area contributed by atoms with Crippen molar-refractivity contribution in [3.8, 4) is 5.75 Å². The van der Waals surface area contributed by atoms with Crippen LogP contribution < -0.4 is 21.3 Å². The molecule has 0 aliphatic heterocycles. The number of nitrogen functional groups attached to an aromatic ring is 1. The molecular weight excluding hydrogens is 275 g/mol. The molecule has 3 aromatic rings. The van der Waals surface area contributed by atoms with E-state index in [0.717, 1.165) is 0 Å². The van der Waals surface area contributed by atoms with Crippen LogP contribution >= 0.6 is 0 Å². The topological polar surface area (TPSA) is 89.5 Å². The van der Waals surface area contributed by atoms with E-state index in [0.29, 0.717) is 28.7 Å². The second kappa shape index (κ2) is 5.25. The minimum Gasteiger partial charge on any atom is -0.494 e. The van der Waals surface area contributed by atoms with Gasteiger partial charge in [0.1, 0.15) is 11.6 Å². The molecular formula is C13H13FN6O. The molecule has 21 heavy (non-hydrogen) atoms. The van der Waals surface area contributed by atoms with Crippen molar-refractivity contribution in [1.29, 1.82) is 0 Å². The number of fused-ring (bicyclic) bond motifs is 1. The first-order valence-corrected chi connectivity index (χ1v) is 6.12. The molecule has 0 aliphatic carbocycles. The maximum absolute atomic E-state index is 13.2. The number of halogens is 1.